The number of ether oxygens (including phenoxy) is 3. The number of carbonyl (C=O) groups is 3. The van der Waals surface area contributed by atoms with E-state index in [4.69, 9.17) is 14.2 Å². The summed E-state index contributed by atoms with van der Waals surface area (Å²) in [7, 11) is 0. The Morgan fingerprint density at radius 1 is 0.339 bits per heavy atom. The number of hydrogen-bond acceptors (Lipinski definition) is 6. The lowest BCUT2D eigenvalue weighted by Gasteiger charge is -2.18. The number of rotatable bonds is 45. The van der Waals surface area contributed by atoms with E-state index in [0.29, 0.717) is 19.3 Å². The normalized spacial score (nSPS) is 12.4. The Morgan fingerprint density at radius 2 is 0.627 bits per heavy atom. The standard InChI is InChI=1S/C53H94O6/c1-4-7-10-13-16-19-22-24-25-26-27-29-31-34-37-40-43-46-52(55)58-49-50(48-57-51(54)45-42-39-36-33-30-21-18-15-12-9-6-3)59-53(56)47-44-41-38-35-32-28-23-20-17-14-11-8-5-2/h24-25,27-29,32,34,37,50H,4-23,26,30-31,33,35-36,38-49H2,1-3H3/b25-24-,29-27-,32-28-,37-34-. The molecule has 0 bridgehead atoms. The predicted octanol–water partition coefficient (Wildman–Crippen LogP) is 16.3. The van der Waals surface area contributed by atoms with Crippen LogP contribution in [0.15, 0.2) is 48.6 Å². The molecular formula is C53H94O6. The molecule has 0 aliphatic heterocycles. The Morgan fingerprint density at radius 3 is 1.05 bits per heavy atom. The quantitative estimate of drug-likeness (QED) is 0.0263. The highest BCUT2D eigenvalue weighted by Gasteiger charge is 2.19. The Hall–Kier alpha value is -2.63. The summed E-state index contributed by atoms with van der Waals surface area (Å²) in [6.45, 7) is 6.56. The van der Waals surface area contributed by atoms with Gasteiger partial charge in [0.05, 0.1) is 0 Å². The topological polar surface area (TPSA) is 78.9 Å². The van der Waals surface area contributed by atoms with E-state index in [-0.39, 0.29) is 37.5 Å². The van der Waals surface area contributed by atoms with Crippen LogP contribution in [0.5, 0.6) is 0 Å². The molecule has 0 radical (unpaired) electrons. The molecule has 6 nitrogen and oxygen atoms in total. The molecule has 1 unspecified atom stereocenters. The molecule has 0 spiro atoms. The number of unbranched alkanes of at least 4 members (excludes halogenated alkanes) is 26. The predicted molar refractivity (Wildman–Crippen MR) is 252 cm³/mol. The molecule has 342 valence electrons. The van der Waals surface area contributed by atoms with Crippen LogP contribution in [0.2, 0.25) is 0 Å². The van der Waals surface area contributed by atoms with Crippen LogP contribution < -0.4 is 0 Å². The summed E-state index contributed by atoms with van der Waals surface area (Å²) in [5.74, 6) is -0.960. The summed E-state index contributed by atoms with van der Waals surface area (Å²) >= 11 is 0. The largest absolute Gasteiger partial charge is 0.462 e. The fourth-order valence-electron chi connectivity index (χ4n) is 6.98. The lowest BCUT2D eigenvalue weighted by atomic mass is 10.1. The lowest BCUT2D eigenvalue weighted by molar-refractivity contribution is -0.167. The van der Waals surface area contributed by atoms with E-state index < -0.39 is 6.10 Å². The molecule has 0 aromatic heterocycles. The van der Waals surface area contributed by atoms with Crippen LogP contribution in [-0.4, -0.2) is 37.2 Å². The van der Waals surface area contributed by atoms with E-state index in [0.717, 1.165) is 70.6 Å². The maximum absolute atomic E-state index is 12.7. The first-order valence-corrected chi connectivity index (χ1v) is 25.1. The van der Waals surface area contributed by atoms with E-state index in [1.165, 1.54) is 135 Å². The minimum Gasteiger partial charge on any atom is -0.462 e. The van der Waals surface area contributed by atoms with Gasteiger partial charge in [-0.15, -0.1) is 0 Å². The molecule has 0 saturated carbocycles. The average molecular weight is 827 g/mol. The van der Waals surface area contributed by atoms with Gasteiger partial charge in [-0.2, -0.15) is 0 Å². The van der Waals surface area contributed by atoms with E-state index in [9.17, 15) is 14.4 Å². The Kier molecular flexibility index (Phi) is 45.9. The van der Waals surface area contributed by atoms with Crippen molar-refractivity contribution in [3.63, 3.8) is 0 Å². The maximum atomic E-state index is 12.7. The summed E-state index contributed by atoms with van der Waals surface area (Å²) in [6.07, 6.45) is 56.7. The van der Waals surface area contributed by atoms with Gasteiger partial charge >= 0.3 is 17.9 Å². The zero-order chi connectivity index (χ0) is 43.0. The van der Waals surface area contributed by atoms with Gasteiger partial charge in [-0.25, -0.2) is 0 Å². The van der Waals surface area contributed by atoms with Crippen LogP contribution in [0.3, 0.4) is 0 Å². The van der Waals surface area contributed by atoms with Crippen LogP contribution in [0.25, 0.3) is 0 Å². The number of esters is 3. The first kappa shape index (κ1) is 56.4. The van der Waals surface area contributed by atoms with Crippen LogP contribution in [0, 0.1) is 0 Å². The molecule has 0 fully saturated rings. The maximum Gasteiger partial charge on any atom is 0.306 e. The smallest absolute Gasteiger partial charge is 0.306 e. The zero-order valence-electron chi connectivity index (χ0n) is 39.0. The van der Waals surface area contributed by atoms with Crippen LogP contribution in [-0.2, 0) is 28.6 Å². The van der Waals surface area contributed by atoms with Gasteiger partial charge < -0.3 is 14.2 Å². The summed E-state index contributed by atoms with van der Waals surface area (Å²) in [4.78, 5) is 37.8. The first-order valence-electron chi connectivity index (χ1n) is 25.1. The van der Waals surface area contributed by atoms with E-state index in [2.05, 4.69) is 69.4 Å². The molecule has 59 heavy (non-hydrogen) atoms. The highest BCUT2D eigenvalue weighted by atomic mass is 16.6. The van der Waals surface area contributed by atoms with E-state index >= 15 is 0 Å². The second kappa shape index (κ2) is 48.0. The lowest BCUT2D eigenvalue weighted by Crippen LogP contribution is -2.30. The Bertz CT molecular complexity index is 1040. The molecule has 0 aromatic rings. The summed E-state index contributed by atoms with van der Waals surface area (Å²) in [6, 6.07) is 0. The van der Waals surface area contributed by atoms with Crippen molar-refractivity contribution < 1.29 is 28.6 Å². The monoisotopic (exact) mass is 827 g/mol. The minimum atomic E-state index is -0.797. The second-order valence-corrected chi connectivity index (χ2v) is 16.7. The third-order valence-corrected chi connectivity index (χ3v) is 10.8. The molecule has 0 aliphatic rings. The van der Waals surface area contributed by atoms with Gasteiger partial charge in [0.1, 0.15) is 13.2 Å². The molecule has 0 aromatic carbocycles. The number of allylic oxidation sites excluding steroid dienone is 8. The molecule has 0 amide bonds. The zero-order valence-corrected chi connectivity index (χ0v) is 39.0. The Labute approximate surface area is 365 Å². The summed E-state index contributed by atoms with van der Waals surface area (Å²) in [5, 5.41) is 0. The van der Waals surface area contributed by atoms with Crippen LogP contribution in [0.4, 0.5) is 0 Å². The van der Waals surface area contributed by atoms with Crippen LogP contribution >= 0.6 is 0 Å². The molecule has 0 saturated heterocycles. The van der Waals surface area contributed by atoms with Gasteiger partial charge in [-0.05, 0) is 77.0 Å². The molecule has 0 rings (SSSR count). The summed E-state index contributed by atoms with van der Waals surface area (Å²) in [5.41, 5.74) is 0. The fraction of sp³-hybridized carbons (Fsp3) is 0.792. The molecule has 1 atom stereocenters. The molecule has 0 aliphatic carbocycles. The SMILES string of the molecule is CCCCCCCC/C=C\C/C=C\C/C=C\CCCC(=O)OCC(COC(=O)CCCCCCCCCCCCC)OC(=O)CCCCC/C=C\CCCCCCCC. The van der Waals surface area contributed by atoms with Gasteiger partial charge in [0.2, 0.25) is 0 Å². The van der Waals surface area contributed by atoms with Crippen molar-refractivity contribution in [3.05, 3.63) is 48.6 Å². The third-order valence-electron chi connectivity index (χ3n) is 10.8. The molecular weight excluding hydrogens is 733 g/mol. The van der Waals surface area contributed by atoms with Crippen molar-refractivity contribution in [2.75, 3.05) is 13.2 Å². The van der Waals surface area contributed by atoms with Gasteiger partial charge in [-0.3, -0.25) is 14.4 Å². The average Bonchev–Trinajstić information content (AvgIpc) is 3.23. The summed E-state index contributed by atoms with van der Waals surface area (Å²) < 4.78 is 16.7. The van der Waals surface area contributed by atoms with Crippen molar-refractivity contribution in [1.82, 2.24) is 0 Å². The van der Waals surface area contributed by atoms with Gasteiger partial charge in [-0.1, -0.05) is 204 Å². The third kappa shape index (κ3) is 46.3. The van der Waals surface area contributed by atoms with Gasteiger partial charge in [0.25, 0.3) is 0 Å². The van der Waals surface area contributed by atoms with Crippen molar-refractivity contribution in [2.24, 2.45) is 0 Å². The van der Waals surface area contributed by atoms with Crippen molar-refractivity contribution in [3.8, 4) is 0 Å². The number of hydrogen-bond donors (Lipinski definition) is 0. The van der Waals surface area contributed by atoms with Crippen molar-refractivity contribution >= 4 is 17.9 Å². The van der Waals surface area contributed by atoms with Gasteiger partial charge in [0, 0.05) is 19.3 Å². The van der Waals surface area contributed by atoms with Gasteiger partial charge in [0.15, 0.2) is 6.10 Å². The second-order valence-electron chi connectivity index (χ2n) is 16.7. The number of carbonyl (C=O) groups excluding carboxylic acids is 3. The highest BCUT2D eigenvalue weighted by molar-refractivity contribution is 5.71. The minimum absolute atomic E-state index is 0.0928. The van der Waals surface area contributed by atoms with Crippen LogP contribution in [0.1, 0.15) is 252 Å². The van der Waals surface area contributed by atoms with E-state index in [1.807, 2.05) is 0 Å². The molecule has 0 N–H and O–H groups in total. The molecule has 0 heterocycles. The van der Waals surface area contributed by atoms with E-state index in [1.54, 1.807) is 0 Å². The van der Waals surface area contributed by atoms with Crippen molar-refractivity contribution in [1.29, 1.82) is 0 Å². The molecule has 6 heteroatoms. The highest BCUT2D eigenvalue weighted by Crippen LogP contribution is 2.14. The Balaban J connectivity index is 4.45. The van der Waals surface area contributed by atoms with Crippen molar-refractivity contribution in [2.45, 2.75) is 258 Å². The fourth-order valence-corrected chi connectivity index (χ4v) is 6.98. The first-order chi connectivity index (χ1) is 29.0.